The molecule has 20 heavy (non-hydrogen) atoms. The molecule has 1 fully saturated rings. The van der Waals surface area contributed by atoms with Crippen molar-refractivity contribution < 1.29 is 4.79 Å². The number of rotatable bonds is 5. The summed E-state index contributed by atoms with van der Waals surface area (Å²) in [6, 6.07) is 8.34. The van der Waals surface area contributed by atoms with Gasteiger partial charge in [-0.15, -0.1) is 0 Å². The molecule has 0 unspecified atom stereocenters. The molecule has 0 spiro atoms. The van der Waals surface area contributed by atoms with E-state index < -0.39 is 5.41 Å². The Morgan fingerprint density at radius 1 is 1.35 bits per heavy atom. The van der Waals surface area contributed by atoms with Gasteiger partial charge in [-0.05, 0) is 58.1 Å². The van der Waals surface area contributed by atoms with E-state index in [1.54, 1.807) is 0 Å². The van der Waals surface area contributed by atoms with Gasteiger partial charge in [0.2, 0.25) is 5.91 Å². The highest BCUT2D eigenvalue weighted by Gasteiger charge is 2.40. The van der Waals surface area contributed by atoms with Crippen molar-refractivity contribution >= 4 is 5.91 Å². The fourth-order valence-electron chi connectivity index (χ4n) is 2.57. The van der Waals surface area contributed by atoms with Crippen molar-refractivity contribution in [2.45, 2.75) is 64.0 Å². The van der Waals surface area contributed by atoms with Gasteiger partial charge in [0.15, 0.2) is 0 Å². The van der Waals surface area contributed by atoms with Crippen LogP contribution in [0.2, 0.25) is 0 Å². The largest absolute Gasteiger partial charge is 0.353 e. The molecule has 1 aromatic carbocycles. The van der Waals surface area contributed by atoms with Gasteiger partial charge in [0.25, 0.3) is 0 Å². The van der Waals surface area contributed by atoms with Gasteiger partial charge in [-0.1, -0.05) is 24.3 Å². The minimum absolute atomic E-state index is 0.0410. The first kappa shape index (κ1) is 15.0. The average Bonchev–Trinajstić information content (AvgIpc) is 3.06. The quantitative estimate of drug-likeness (QED) is 0.867. The van der Waals surface area contributed by atoms with Crippen molar-refractivity contribution in [2.24, 2.45) is 5.73 Å². The number of hydrogen-bond acceptors (Lipinski definition) is 2. The molecule has 0 radical (unpaired) electrons. The van der Waals surface area contributed by atoms with Crippen molar-refractivity contribution in [1.82, 2.24) is 5.32 Å². The summed E-state index contributed by atoms with van der Waals surface area (Å²) in [5.41, 5.74) is 7.97. The lowest BCUT2D eigenvalue weighted by atomic mass is 9.79. The molecule has 1 aliphatic rings. The molecular weight excluding hydrogens is 248 g/mol. The maximum absolute atomic E-state index is 12.5. The van der Waals surface area contributed by atoms with Gasteiger partial charge < -0.3 is 11.1 Å². The van der Waals surface area contributed by atoms with Crippen LogP contribution in [0.4, 0.5) is 0 Å². The minimum Gasteiger partial charge on any atom is -0.353 e. The maximum Gasteiger partial charge on any atom is 0.230 e. The Morgan fingerprint density at radius 3 is 2.50 bits per heavy atom. The van der Waals surface area contributed by atoms with E-state index in [1.165, 1.54) is 5.56 Å². The van der Waals surface area contributed by atoms with Crippen molar-refractivity contribution in [3.63, 3.8) is 0 Å². The van der Waals surface area contributed by atoms with E-state index in [4.69, 9.17) is 5.73 Å². The third-order valence-corrected chi connectivity index (χ3v) is 4.11. The highest BCUT2D eigenvalue weighted by atomic mass is 16.2. The van der Waals surface area contributed by atoms with E-state index in [0.717, 1.165) is 24.8 Å². The van der Waals surface area contributed by atoms with Gasteiger partial charge in [-0.25, -0.2) is 0 Å². The summed E-state index contributed by atoms with van der Waals surface area (Å²) in [6.07, 6.45) is 3.03. The van der Waals surface area contributed by atoms with E-state index in [0.29, 0.717) is 0 Å². The van der Waals surface area contributed by atoms with Gasteiger partial charge in [0.05, 0.1) is 5.41 Å². The van der Waals surface area contributed by atoms with Crippen LogP contribution in [0, 0.1) is 0 Å². The van der Waals surface area contributed by atoms with E-state index in [2.05, 4.69) is 17.4 Å². The van der Waals surface area contributed by atoms with Crippen LogP contribution >= 0.6 is 0 Å². The molecule has 0 bridgehead atoms. The molecule has 1 aromatic rings. The number of carbonyl (C=O) groups excluding carboxylic acids is 1. The van der Waals surface area contributed by atoms with Gasteiger partial charge in [0, 0.05) is 11.6 Å². The first-order valence-electron chi connectivity index (χ1n) is 7.43. The summed E-state index contributed by atoms with van der Waals surface area (Å²) in [5, 5.41) is 3.02. The molecule has 0 saturated heterocycles. The molecule has 110 valence electrons. The number of hydrogen-bond donors (Lipinski definition) is 2. The van der Waals surface area contributed by atoms with Crippen LogP contribution in [-0.2, 0) is 16.6 Å². The van der Waals surface area contributed by atoms with Crippen LogP contribution in [-0.4, -0.2) is 17.5 Å². The SMILES string of the molecule is CC(C)NC(=O)C(C)(C)c1ccccc1CC1(N)CC1. The molecule has 3 N–H and O–H groups in total. The Balaban J connectivity index is 2.28. The standard InChI is InChI=1S/C17H26N2O/c1-12(2)19-15(20)16(3,4)14-8-6-5-7-13(14)11-17(18)9-10-17/h5-8,12H,9-11,18H2,1-4H3,(H,19,20). The summed E-state index contributed by atoms with van der Waals surface area (Å²) in [6.45, 7) is 7.94. The van der Waals surface area contributed by atoms with Gasteiger partial charge in [-0.2, -0.15) is 0 Å². The third kappa shape index (κ3) is 3.21. The summed E-state index contributed by atoms with van der Waals surface area (Å²) >= 11 is 0. The monoisotopic (exact) mass is 274 g/mol. The second-order valence-corrected chi connectivity index (χ2v) is 6.95. The van der Waals surface area contributed by atoms with Crippen LogP contribution < -0.4 is 11.1 Å². The van der Waals surface area contributed by atoms with Crippen LogP contribution in [0.1, 0.15) is 51.7 Å². The smallest absolute Gasteiger partial charge is 0.230 e. The van der Waals surface area contributed by atoms with Gasteiger partial charge in [0.1, 0.15) is 0 Å². The first-order chi connectivity index (χ1) is 9.24. The molecule has 1 saturated carbocycles. The fourth-order valence-corrected chi connectivity index (χ4v) is 2.57. The molecule has 2 rings (SSSR count). The lowest BCUT2D eigenvalue weighted by molar-refractivity contribution is -0.126. The molecule has 0 aromatic heterocycles. The van der Waals surface area contributed by atoms with Crippen LogP contribution in [0.5, 0.6) is 0 Å². The molecule has 3 heteroatoms. The Kier molecular flexibility index (Phi) is 3.92. The second kappa shape index (κ2) is 5.21. The summed E-state index contributed by atoms with van der Waals surface area (Å²) < 4.78 is 0. The van der Waals surface area contributed by atoms with Crippen LogP contribution in [0.25, 0.3) is 0 Å². The van der Waals surface area contributed by atoms with Crippen LogP contribution in [0.15, 0.2) is 24.3 Å². The van der Waals surface area contributed by atoms with E-state index in [-0.39, 0.29) is 17.5 Å². The minimum atomic E-state index is -0.536. The van der Waals surface area contributed by atoms with E-state index in [1.807, 2.05) is 39.8 Å². The van der Waals surface area contributed by atoms with Crippen LogP contribution in [0.3, 0.4) is 0 Å². The lowest BCUT2D eigenvalue weighted by Crippen LogP contribution is -2.44. The first-order valence-corrected chi connectivity index (χ1v) is 7.43. The number of carbonyl (C=O) groups is 1. The van der Waals surface area contributed by atoms with Crippen molar-refractivity contribution in [3.05, 3.63) is 35.4 Å². The lowest BCUT2D eigenvalue weighted by Gasteiger charge is -2.28. The van der Waals surface area contributed by atoms with E-state index >= 15 is 0 Å². The number of benzene rings is 1. The predicted molar refractivity (Wildman–Crippen MR) is 82.6 cm³/mol. The van der Waals surface area contributed by atoms with Gasteiger partial charge in [-0.3, -0.25) is 4.79 Å². The van der Waals surface area contributed by atoms with Crippen molar-refractivity contribution in [2.75, 3.05) is 0 Å². The Labute approximate surface area is 121 Å². The summed E-state index contributed by atoms with van der Waals surface area (Å²) in [4.78, 5) is 12.5. The Morgan fingerprint density at radius 2 is 1.95 bits per heavy atom. The number of amides is 1. The Hall–Kier alpha value is -1.35. The maximum atomic E-state index is 12.5. The highest BCUT2D eigenvalue weighted by molar-refractivity contribution is 5.87. The Bertz CT molecular complexity index is 501. The molecule has 0 aliphatic heterocycles. The zero-order valence-corrected chi connectivity index (χ0v) is 13.0. The molecular formula is C17H26N2O. The number of nitrogens with two attached hydrogens (primary N) is 1. The normalized spacial score (nSPS) is 17.1. The second-order valence-electron chi connectivity index (χ2n) is 6.95. The zero-order valence-electron chi connectivity index (χ0n) is 13.0. The topological polar surface area (TPSA) is 55.1 Å². The zero-order chi connectivity index (χ0) is 15.0. The van der Waals surface area contributed by atoms with E-state index in [9.17, 15) is 4.79 Å². The summed E-state index contributed by atoms with van der Waals surface area (Å²) in [5.74, 6) is 0.0711. The highest BCUT2D eigenvalue weighted by Crippen LogP contribution is 2.38. The van der Waals surface area contributed by atoms with Crippen molar-refractivity contribution in [1.29, 1.82) is 0 Å². The molecule has 1 amide bonds. The molecule has 0 heterocycles. The van der Waals surface area contributed by atoms with Gasteiger partial charge >= 0.3 is 0 Å². The molecule has 1 aliphatic carbocycles. The predicted octanol–water partition coefficient (Wildman–Crippen LogP) is 2.52. The molecule has 3 nitrogen and oxygen atoms in total. The third-order valence-electron chi connectivity index (χ3n) is 4.11. The average molecular weight is 274 g/mol. The fraction of sp³-hybridized carbons (Fsp3) is 0.588. The van der Waals surface area contributed by atoms with Crippen molar-refractivity contribution in [3.8, 4) is 0 Å². The molecule has 0 atom stereocenters. The number of nitrogens with one attached hydrogen (secondary N) is 1. The summed E-state index contributed by atoms with van der Waals surface area (Å²) in [7, 11) is 0.